The predicted octanol–water partition coefficient (Wildman–Crippen LogP) is 2.94. The summed E-state index contributed by atoms with van der Waals surface area (Å²) in [6.45, 7) is 0. The van der Waals surface area contributed by atoms with E-state index >= 15 is 0 Å². The summed E-state index contributed by atoms with van der Waals surface area (Å²) in [5, 5.41) is 7.33. The second kappa shape index (κ2) is 6.50. The van der Waals surface area contributed by atoms with E-state index in [1.165, 1.54) is 0 Å². The lowest BCUT2D eigenvalue weighted by molar-refractivity contribution is 0.417. The van der Waals surface area contributed by atoms with Crippen LogP contribution in [0.3, 0.4) is 0 Å². The molecule has 1 aliphatic rings. The van der Waals surface area contributed by atoms with Crippen molar-refractivity contribution >= 4 is 22.5 Å². The molecule has 0 saturated heterocycles. The summed E-state index contributed by atoms with van der Waals surface area (Å²) in [4.78, 5) is 9.15. The molecular weight excluding hydrogens is 326 g/mol. The molecule has 4 N–H and O–H groups in total. The summed E-state index contributed by atoms with van der Waals surface area (Å²) < 4.78 is 5.37. The Morgan fingerprint density at radius 1 is 1.12 bits per heavy atom. The molecule has 6 heteroatoms. The molecule has 6 nitrogen and oxygen atoms in total. The Morgan fingerprint density at radius 3 is 2.81 bits per heavy atom. The number of nitrogens with one attached hydrogen (secondary N) is 2. The van der Waals surface area contributed by atoms with Crippen LogP contribution in [-0.2, 0) is 5.66 Å². The van der Waals surface area contributed by atoms with Crippen molar-refractivity contribution in [2.45, 2.75) is 5.66 Å². The molecule has 0 aliphatic carbocycles. The van der Waals surface area contributed by atoms with Crippen molar-refractivity contribution in [2.75, 3.05) is 12.4 Å². The van der Waals surface area contributed by atoms with Crippen molar-refractivity contribution in [3.8, 4) is 5.75 Å². The van der Waals surface area contributed by atoms with Gasteiger partial charge in [0.2, 0.25) is 5.96 Å². The number of methoxy groups -OCH3 is 1. The minimum absolute atomic E-state index is 0.535. The molecule has 130 valence electrons. The third-order valence-electron chi connectivity index (χ3n) is 4.27. The number of aromatic nitrogens is 1. The lowest BCUT2D eigenvalue weighted by atomic mass is 10.0. The number of ether oxygens (including phenoxy) is 1. The van der Waals surface area contributed by atoms with E-state index in [-0.39, 0.29) is 0 Å². The van der Waals surface area contributed by atoms with E-state index in [2.05, 4.69) is 20.6 Å². The Balaban J connectivity index is 1.68. The van der Waals surface area contributed by atoms with E-state index in [1.807, 2.05) is 60.7 Å². The SMILES string of the molecule is COc1ccccc1NC1=NC(N)(c2cnc3ccccc3c2)C=CN1. The molecule has 4 rings (SSSR count). The van der Waals surface area contributed by atoms with Gasteiger partial charge in [-0.25, -0.2) is 4.99 Å². The van der Waals surface area contributed by atoms with E-state index < -0.39 is 5.66 Å². The van der Waals surface area contributed by atoms with Gasteiger partial charge in [-0.15, -0.1) is 0 Å². The molecule has 1 atom stereocenters. The Morgan fingerprint density at radius 2 is 1.92 bits per heavy atom. The second-order valence-electron chi connectivity index (χ2n) is 6.01. The van der Waals surface area contributed by atoms with Gasteiger partial charge in [0.05, 0.1) is 18.3 Å². The Bertz CT molecular complexity index is 1010. The van der Waals surface area contributed by atoms with Crippen LogP contribution in [-0.4, -0.2) is 18.1 Å². The summed E-state index contributed by atoms with van der Waals surface area (Å²) in [6.07, 6.45) is 5.36. The normalized spacial score (nSPS) is 18.9. The molecule has 1 aromatic heterocycles. The van der Waals surface area contributed by atoms with E-state index in [1.54, 1.807) is 19.5 Å². The number of benzene rings is 2. The van der Waals surface area contributed by atoms with Crippen LogP contribution in [0, 0.1) is 0 Å². The van der Waals surface area contributed by atoms with Gasteiger partial charge in [0.15, 0.2) is 5.66 Å². The van der Waals surface area contributed by atoms with Gasteiger partial charge < -0.3 is 15.4 Å². The first-order valence-corrected chi connectivity index (χ1v) is 8.26. The maximum atomic E-state index is 6.56. The van der Waals surface area contributed by atoms with Crippen molar-refractivity contribution in [3.63, 3.8) is 0 Å². The average Bonchev–Trinajstić information content (AvgIpc) is 2.68. The van der Waals surface area contributed by atoms with E-state index in [9.17, 15) is 0 Å². The van der Waals surface area contributed by atoms with Crippen LogP contribution in [0.25, 0.3) is 10.9 Å². The van der Waals surface area contributed by atoms with Gasteiger partial charge in [0.25, 0.3) is 0 Å². The van der Waals surface area contributed by atoms with Gasteiger partial charge in [-0.1, -0.05) is 30.3 Å². The van der Waals surface area contributed by atoms with Crippen molar-refractivity contribution < 1.29 is 4.74 Å². The summed E-state index contributed by atoms with van der Waals surface area (Å²) in [5.41, 5.74) is 8.09. The van der Waals surface area contributed by atoms with E-state index in [0.717, 1.165) is 27.9 Å². The van der Waals surface area contributed by atoms with Gasteiger partial charge in [0, 0.05) is 23.3 Å². The van der Waals surface area contributed by atoms with Crippen LogP contribution in [0.5, 0.6) is 5.75 Å². The summed E-state index contributed by atoms with van der Waals surface area (Å²) >= 11 is 0. The lowest BCUT2D eigenvalue weighted by Crippen LogP contribution is -2.41. The van der Waals surface area contributed by atoms with Crippen LogP contribution < -0.4 is 21.1 Å². The van der Waals surface area contributed by atoms with Crippen molar-refractivity contribution in [3.05, 3.63) is 78.6 Å². The van der Waals surface area contributed by atoms with Gasteiger partial charge in [-0.3, -0.25) is 10.7 Å². The second-order valence-corrected chi connectivity index (χ2v) is 6.01. The first-order valence-electron chi connectivity index (χ1n) is 8.26. The fourth-order valence-electron chi connectivity index (χ4n) is 2.89. The molecule has 2 aromatic carbocycles. The van der Waals surface area contributed by atoms with Crippen molar-refractivity contribution in [1.29, 1.82) is 0 Å². The molecule has 0 saturated carbocycles. The molecule has 0 radical (unpaired) electrons. The van der Waals surface area contributed by atoms with Gasteiger partial charge in [-0.2, -0.15) is 0 Å². The molecule has 0 amide bonds. The third-order valence-corrected chi connectivity index (χ3v) is 4.27. The fourth-order valence-corrected chi connectivity index (χ4v) is 2.89. The van der Waals surface area contributed by atoms with E-state index in [0.29, 0.717) is 5.96 Å². The fraction of sp³-hybridized carbons (Fsp3) is 0.100. The molecule has 1 unspecified atom stereocenters. The van der Waals surface area contributed by atoms with E-state index in [4.69, 9.17) is 10.5 Å². The topological polar surface area (TPSA) is 84.6 Å². The maximum Gasteiger partial charge on any atom is 0.202 e. The van der Waals surface area contributed by atoms with Crippen LogP contribution in [0.2, 0.25) is 0 Å². The zero-order chi connectivity index (χ0) is 18.0. The standard InChI is InChI=1S/C20H19N5O/c1-26-18-9-5-4-8-17(18)24-19-22-11-10-20(21,25-19)15-12-14-6-2-3-7-16(14)23-13-15/h2-13H,21H2,1H3,(H2,22,24,25). The van der Waals surface area contributed by atoms with Gasteiger partial charge in [-0.05, 0) is 30.3 Å². The molecule has 0 spiro atoms. The first kappa shape index (κ1) is 16.1. The van der Waals surface area contributed by atoms with Crippen LogP contribution in [0.15, 0.2) is 78.1 Å². The average molecular weight is 345 g/mol. The minimum atomic E-state index is -1.01. The van der Waals surface area contributed by atoms with Crippen LogP contribution in [0.1, 0.15) is 5.56 Å². The van der Waals surface area contributed by atoms with Crippen LogP contribution >= 0.6 is 0 Å². The highest BCUT2D eigenvalue weighted by Crippen LogP contribution is 2.27. The number of para-hydroxylation sites is 3. The molecule has 1 aliphatic heterocycles. The predicted molar refractivity (Wildman–Crippen MR) is 104 cm³/mol. The number of anilines is 1. The third kappa shape index (κ3) is 2.98. The molecule has 2 heterocycles. The monoisotopic (exact) mass is 345 g/mol. The highest BCUT2D eigenvalue weighted by atomic mass is 16.5. The largest absolute Gasteiger partial charge is 0.495 e. The number of fused-ring (bicyclic) bond motifs is 1. The number of guanidine groups is 1. The Labute approximate surface area is 151 Å². The first-order chi connectivity index (χ1) is 12.7. The quantitative estimate of drug-likeness (QED) is 0.680. The van der Waals surface area contributed by atoms with Crippen molar-refractivity contribution in [2.24, 2.45) is 10.7 Å². The smallest absolute Gasteiger partial charge is 0.202 e. The van der Waals surface area contributed by atoms with Crippen LogP contribution in [0.4, 0.5) is 5.69 Å². The number of rotatable bonds is 3. The number of nitrogens with two attached hydrogens (primary N) is 1. The highest BCUT2D eigenvalue weighted by molar-refractivity contribution is 5.96. The number of nitrogens with zero attached hydrogens (tertiary/aromatic N) is 2. The molecule has 26 heavy (non-hydrogen) atoms. The molecule has 0 bridgehead atoms. The molecule has 3 aromatic rings. The summed E-state index contributed by atoms with van der Waals surface area (Å²) in [7, 11) is 1.63. The number of hydrogen-bond acceptors (Lipinski definition) is 6. The zero-order valence-corrected chi connectivity index (χ0v) is 14.3. The number of hydrogen-bond donors (Lipinski definition) is 3. The summed E-state index contributed by atoms with van der Waals surface area (Å²) in [5.74, 6) is 1.26. The number of pyridine rings is 1. The minimum Gasteiger partial charge on any atom is -0.495 e. The van der Waals surface area contributed by atoms with Crippen molar-refractivity contribution in [1.82, 2.24) is 10.3 Å². The zero-order valence-electron chi connectivity index (χ0n) is 14.3. The maximum absolute atomic E-state index is 6.56. The molecular formula is C20H19N5O. The number of aliphatic imine (C=N–C) groups is 1. The Hall–Kier alpha value is -3.38. The Kier molecular flexibility index (Phi) is 4.02. The molecule has 0 fully saturated rings. The van der Waals surface area contributed by atoms with Gasteiger partial charge in [0.1, 0.15) is 5.75 Å². The lowest BCUT2D eigenvalue weighted by Gasteiger charge is -2.27. The highest BCUT2D eigenvalue weighted by Gasteiger charge is 2.27. The summed E-state index contributed by atoms with van der Waals surface area (Å²) in [6, 6.07) is 17.6. The van der Waals surface area contributed by atoms with Gasteiger partial charge >= 0.3 is 0 Å².